The Balaban J connectivity index is 0.00000484. The summed E-state index contributed by atoms with van der Waals surface area (Å²) in [6, 6.07) is 4.82. The van der Waals surface area contributed by atoms with E-state index in [1.54, 1.807) is 12.1 Å². The van der Waals surface area contributed by atoms with Gasteiger partial charge < -0.3 is 25.5 Å². The van der Waals surface area contributed by atoms with E-state index in [9.17, 15) is 10.1 Å². The Hall–Kier alpha value is -1.61. The molecule has 0 spiro atoms. The summed E-state index contributed by atoms with van der Waals surface area (Å²) in [7, 11) is 0. The topological polar surface area (TPSA) is 119 Å². The zero-order valence-corrected chi connectivity index (χ0v) is 13.7. The van der Waals surface area contributed by atoms with Crippen molar-refractivity contribution in [3.63, 3.8) is 0 Å². The van der Waals surface area contributed by atoms with E-state index < -0.39 is 4.92 Å². The van der Waals surface area contributed by atoms with Crippen LogP contribution in [0, 0.1) is 10.1 Å². The zero-order chi connectivity index (χ0) is 16.4. The van der Waals surface area contributed by atoms with E-state index in [2.05, 4.69) is 5.32 Å². The van der Waals surface area contributed by atoms with Crippen LogP contribution in [0.25, 0.3) is 0 Å². The molecule has 23 heavy (non-hydrogen) atoms. The van der Waals surface area contributed by atoms with Crippen molar-refractivity contribution in [1.29, 1.82) is 0 Å². The number of hydrogen-bond donors (Lipinski definition) is 4. The third-order valence-corrected chi connectivity index (χ3v) is 3.14. The minimum absolute atomic E-state index is 0. The zero-order valence-electron chi connectivity index (χ0n) is 12.8. The van der Waals surface area contributed by atoms with Gasteiger partial charge in [-0.3, -0.25) is 10.1 Å². The molecule has 4 N–H and O–H groups in total. The summed E-state index contributed by atoms with van der Waals surface area (Å²) in [5, 5.41) is 40.7. The molecule has 0 aliphatic heterocycles. The van der Waals surface area contributed by atoms with E-state index >= 15 is 0 Å². The van der Waals surface area contributed by atoms with Gasteiger partial charge in [-0.2, -0.15) is 0 Å². The van der Waals surface area contributed by atoms with Gasteiger partial charge in [0.05, 0.1) is 11.5 Å². The molecule has 1 rings (SSSR count). The standard InChI is InChI=1S/C14H23N3O5.ClH/c18-8-1-6-16(7-2-9-19)12-3-4-13(15-5-10-20)14(11-12)17(21)22;/h3-4,11,15,18-20H,1-2,5-10H2;1H. The number of anilines is 2. The molecule has 0 saturated carbocycles. The second-order valence-electron chi connectivity index (χ2n) is 4.75. The predicted molar refractivity (Wildman–Crippen MR) is 91.5 cm³/mol. The largest absolute Gasteiger partial charge is 0.396 e. The highest BCUT2D eigenvalue weighted by Gasteiger charge is 2.17. The molecular weight excluding hydrogens is 326 g/mol. The van der Waals surface area contributed by atoms with Gasteiger partial charge in [-0.25, -0.2) is 0 Å². The summed E-state index contributed by atoms with van der Waals surface area (Å²) in [6.07, 6.45) is 1.09. The molecule has 8 nitrogen and oxygen atoms in total. The molecule has 0 unspecified atom stereocenters. The van der Waals surface area contributed by atoms with Gasteiger partial charge in [-0.15, -0.1) is 12.4 Å². The first-order valence-electron chi connectivity index (χ1n) is 7.24. The predicted octanol–water partition coefficient (Wildman–Crippen LogP) is 0.992. The van der Waals surface area contributed by atoms with Crippen LogP contribution in [-0.4, -0.2) is 59.7 Å². The van der Waals surface area contributed by atoms with Crippen molar-refractivity contribution in [2.45, 2.75) is 12.8 Å². The van der Waals surface area contributed by atoms with Crippen molar-refractivity contribution in [3.8, 4) is 0 Å². The van der Waals surface area contributed by atoms with Gasteiger partial charge in [0.25, 0.3) is 5.69 Å². The first-order chi connectivity index (χ1) is 10.6. The molecule has 0 atom stereocenters. The van der Waals surface area contributed by atoms with Crippen LogP contribution in [0.15, 0.2) is 18.2 Å². The van der Waals surface area contributed by atoms with Gasteiger partial charge in [-0.1, -0.05) is 0 Å². The Bertz CT molecular complexity index is 468. The van der Waals surface area contributed by atoms with Crippen LogP contribution in [0.2, 0.25) is 0 Å². The van der Waals surface area contributed by atoms with Crippen molar-refractivity contribution in [2.75, 3.05) is 49.7 Å². The summed E-state index contributed by atoms with van der Waals surface area (Å²) >= 11 is 0. The SMILES string of the molecule is Cl.O=[N+]([O-])c1cc(N(CCCO)CCCO)ccc1NCCO. The number of aliphatic hydroxyl groups excluding tert-OH is 3. The van der Waals surface area contributed by atoms with Crippen molar-refractivity contribution < 1.29 is 20.2 Å². The van der Waals surface area contributed by atoms with Crippen LogP contribution in [-0.2, 0) is 0 Å². The molecule has 0 fully saturated rings. The molecule has 0 heterocycles. The van der Waals surface area contributed by atoms with Gasteiger partial charge in [0, 0.05) is 44.6 Å². The number of aliphatic hydroxyl groups is 3. The molecule has 132 valence electrons. The van der Waals surface area contributed by atoms with Crippen LogP contribution >= 0.6 is 12.4 Å². The first kappa shape index (κ1) is 21.4. The molecule has 9 heteroatoms. The molecule has 1 aromatic carbocycles. The highest BCUT2D eigenvalue weighted by molar-refractivity contribution is 5.85. The molecule has 0 radical (unpaired) electrons. The first-order valence-corrected chi connectivity index (χ1v) is 7.24. The second kappa shape index (κ2) is 11.9. The molecule has 0 amide bonds. The maximum absolute atomic E-state index is 11.2. The number of nitro benzene ring substituents is 1. The second-order valence-corrected chi connectivity index (χ2v) is 4.75. The number of rotatable bonds is 11. The lowest BCUT2D eigenvalue weighted by molar-refractivity contribution is -0.383. The van der Waals surface area contributed by atoms with E-state index in [1.807, 2.05) is 4.90 Å². The van der Waals surface area contributed by atoms with Crippen molar-refractivity contribution >= 4 is 29.5 Å². The summed E-state index contributed by atoms with van der Waals surface area (Å²) in [5.74, 6) is 0. The Morgan fingerprint density at radius 1 is 1.09 bits per heavy atom. The monoisotopic (exact) mass is 349 g/mol. The number of hydrogen-bond acceptors (Lipinski definition) is 7. The van der Waals surface area contributed by atoms with Crippen LogP contribution < -0.4 is 10.2 Å². The lowest BCUT2D eigenvalue weighted by Crippen LogP contribution is -2.27. The average molecular weight is 350 g/mol. The molecule has 0 aliphatic carbocycles. The minimum Gasteiger partial charge on any atom is -0.396 e. The highest BCUT2D eigenvalue weighted by Crippen LogP contribution is 2.29. The third-order valence-electron chi connectivity index (χ3n) is 3.14. The average Bonchev–Trinajstić information content (AvgIpc) is 2.53. The van der Waals surface area contributed by atoms with Crippen molar-refractivity contribution in [1.82, 2.24) is 0 Å². The molecule has 0 aliphatic rings. The van der Waals surface area contributed by atoms with Crippen LogP contribution in [0.1, 0.15) is 12.8 Å². The van der Waals surface area contributed by atoms with Crippen LogP contribution in [0.5, 0.6) is 0 Å². The molecule has 0 saturated heterocycles. The molecule has 1 aromatic rings. The Morgan fingerprint density at radius 2 is 1.70 bits per heavy atom. The molecular formula is C14H24ClN3O5. The van der Waals surface area contributed by atoms with Gasteiger partial charge in [0.1, 0.15) is 5.69 Å². The lowest BCUT2D eigenvalue weighted by Gasteiger charge is -2.24. The minimum atomic E-state index is -0.473. The van der Waals surface area contributed by atoms with Crippen LogP contribution in [0.4, 0.5) is 17.1 Å². The number of nitrogens with zero attached hydrogens (tertiary/aromatic N) is 2. The quantitative estimate of drug-likeness (QED) is 0.347. The van der Waals surface area contributed by atoms with E-state index in [0.29, 0.717) is 37.3 Å². The van der Waals surface area contributed by atoms with Crippen molar-refractivity contribution in [2.24, 2.45) is 0 Å². The third kappa shape index (κ3) is 7.00. The fourth-order valence-corrected chi connectivity index (χ4v) is 2.10. The number of benzene rings is 1. The fourth-order valence-electron chi connectivity index (χ4n) is 2.10. The normalized spacial score (nSPS) is 10.0. The van der Waals surface area contributed by atoms with E-state index in [0.717, 1.165) is 0 Å². The smallest absolute Gasteiger partial charge is 0.294 e. The number of halogens is 1. The Kier molecular flexibility index (Phi) is 11.1. The Labute approximate surface area is 141 Å². The fraction of sp³-hybridized carbons (Fsp3) is 0.571. The lowest BCUT2D eigenvalue weighted by atomic mass is 10.2. The Morgan fingerprint density at radius 3 is 2.17 bits per heavy atom. The van der Waals surface area contributed by atoms with E-state index in [1.165, 1.54) is 6.07 Å². The summed E-state index contributed by atoms with van der Waals surface area (Å²) < 4.78 is 0. The summed E-state index contributed by atoms with van der Waals surface area (Å²) in [6.45, 7) is 1.30. The highest BCUT2D eigenvalue weighted by atomic mass is 35.5. The maximum Gasteiger partial charge on any atom is 0.294 e. The van der Waals surface area contributed by atoms with E-state index in [4.69, 9.17) is 15.3 Å². The van der Waals surface area contributed by atoms with Crippen molar-refractivity contribution in [3.05, 3.63) is 28.3 Å². The van der Waals surface area contributed by atoms with Gasteiger partial charge in [0.15, 0.2) is 0 Å². The molecule has 0 aromatic heterocycles. The van der Waals surface area contributed by atoms with Gasteiger partial charge in [-0.05, 0) is 25.0 Å². The van der Waals surface area contributed by atoms with E-state index in [-0.39, 0.29) is 44.5 Å². The number of nitrogens with one attached hydrogen (secondary N) is 1. The maximum atomic E-state index is 11.2. The summed E-state index contributed by atoms with van der Waals surface area (Å²) in [4.78, 5) is 12.6. The molecule has 0 bridgehead atoms. The van der Waals surface area contributed by atoms with Crippen LogP contribution in [0.3, 0.4) is 0 Å². The number of nitro groups is 1. The van der Waals surface area contributed by atoms with Gasteiger partial charge >= 0.3 is 0 Å². The van der Waals surface area contributed by atoms with Gasteiger partial charge in [0.2, 0.25) is 0 Å². The summed E-state index contributed by atoms with van der Waals surface area (Å²) in [5.41, 5.74) is 0.958.